The molecule has 1 N–H and O–H groups in total. The normalized spacial score (nSPS) is 11.0. The van der Waals surface area contributed by atoms with E-state index < -0.39 is 5.82 Å². The van der Waals surface area contributed by atoms with Crippen LogP contribution in [-0.2, 0) is 0 Å². The lowest BCUT2D eigenvalue weighted by molar-refractivity contribution is 0.102. The lowest BCUT2D eigenvalue weighted by Gasteiger charge is -2.11. The van der Waals surface area contributed by atoms with Gasteiger partial charge in [0.2, 0.25) is 0 Å². The number of nitrogens with one attached hydrogen (secondary N) is 1. The van der Waals surface area contributed by atoms with Crippen molar-refractivity contribution in [2.45, 2.75) is 6.92 Å². The summed E-state index contributed by atoms with van der Waals surface area (Å²) in [6.45, 7) is 1.67. The summed E-state index contributed by atoms with van der Waals surface area (Å²) in [4.78, 5) is 18.9. The molecule has 0 aliphatic rings. The van der Waals surface area contributed by atoms with Crippen LogP contribution in [0.5, 0.6) is 0 Å². The van der Waals surface area contributed by atoms with E-state index in [1.807, 2.05) is 41.8 Å². The fourth-order valence-corrected chi connectivity index (χ4v) is 4.01. The van der Waals surface area contributed by atoms with Gasteiger partial charge >= 0.3 is 0 Å². The average molecular weight is 430 g/mol. The second kappa shape index (κ2) is 7.69. The number of benzene rings is 2. The van der Waals surface area contributed by atoms with Crippen LogP contribution in [0.15, 0.2) is 66.0 Å². The molecule has 2 aromatic carbocycles. The maximum atomic E-state index is 14.4. The highest BCUT2D eigenvalue weighted by atomic mass is 32.1. The number of aromatic nitrogens is 5. The lowest BCUT2D eigenvalue weighted by Crippen LogP contribution is -2.14. The summed E-state index contributed by atoms with van der Waals surface area (Å²) in [6.07, 6.45) is 0. The van der Waals surface area contributed by atoms with Crippen LogP contribution in [0.3, 0.4) is 0 Å². The van der Waals surface area contributed by atoms with Gasteiger partial charge in [-0.3, -0.25) is 4.79 Å². The van der Waals surface area contributed by atoms with Crippen molar-refractivity contribution in [3.8, 4) is 16.3 Å². The molecular weight excluding hydrogens is 415 g/mol. The van der Waals surface area contributed by atoms with Crippen molar-refractivity contribution in [2.75, 3.05) is 5.32 Å². The van der Waals surface area contributed by atoms with Gasteiger partial charge in [-0.25, -0.2) is 9.37 Å². The molecule has 3 heterocycles. The zero-order chi connectivity index (χ0) is 21.4. The van der Waals surface area contributed by atoms with Gasteiger partial charge in [-0.2, -0.15) is 4.68 Å². The molecule has 0 saturated heterocycles. The molecule has 9 heteroatoms. The van der Waals surface area contributed by atoms with Crippen LogP contribution < -0.4 is 5.32 Å². The maximum absolute atomic E-state index is 14.4. The molecule has 0 saturated carbocycles. The molecule has 3 aromatic heterocycles. The molecule has 7 nitrogen and oxygen atoms in total. The van der Waals surface area contributed by atoms with E-state index >= 15 is 0 Å². The summed E-state index contributed by atoms with van der Waals surface area (Å²) in [5.41, 5.74) is 2.51. The molecule has 0 spiro atoms. The minimum absolute atomic E-state index is 0.152. The summed E-state index contributed by atoms with van der Waals surface area (Å²) >= 11 is 1.55. The van der Waals surface area contributed by atoms with Crippen LogP contribution in [0.4, 0.5) is 10.1 Å². The first-order valence-corrected chi connectivity index (χ1v) is 10.3. The van der Waals surface area contributed by atoms with Crippen LogP contribution in [0.25, 0.3) is 27.2 Å². The number of hydrogen-bond donors (Lipinski definition) is 1. The van der Waals surface area contributed by atoms with Gasteiger partial charge in [-0.1, -0.05) is 24.3 Å². The summed E-state index contributed by atoms with van der Waals surface area (Å²) in [5.74, 6) is -0.381. The molecule has 0 aliphatic carbocycles. The van der Waals surface area contributed by atoms with Crippen molar-refractivity contribution in [1.82, 2.24) is 25.2 Å². The quantitative estimate of drug-likeness (QED) is 0.449. The fraction of sp³-hybridized carbons (Fsp3) is 0.0455. The minimum atomic E-state index is -0.497. The van der Waals surface area contributed by atoms with Crippen molar-refractivity contribution in [1.29, 1.82) is 0 Å². The number of hydrogen-bond acceptors (Lipinski definition) is 6. The first-order valence-electron chi connectivity index (χ1n) is 9.40. The second-order valence-electron chi connectivity index (χ2n) is 6.81. The Balaban J connectivity index is 1.55. The molecule has 31 heavy (non-hydrogen) atoms. The van der Waals surface area contributed by atoms with Crippen LogP contribution in [0, 0.1) is 12.7 Å². The topological polar surface area (TPSA) is 85.6 Å². The first-order chi connectivity index (χ1) is 15.1. The van der Waals surface area contributed by atoms with Gasteiger partial charge in [-0.05, 0) is 59.1 Å². The number of aryl methyl sites for hydroxylation is 1. The Kier molecular flexibility index (Phi) is 4.72. The number of carbonyl (C=O) groups excluding carboxylic acids is 1. The Labute approximate surface area is 180 Å². The minimum Gasteiger partial charge on any atom is -0.322 e. The molecular formula is C22H15FN6OS. The van der Waals surface area contributed by atoms with E-state index in [1.165, 1.54) is 22.9 Å². The predicted molar refractivity (Wildman–Crippen MR) is 117 cm³/mol. The monoisotopic (exact) mass is 430 g/mol. The highest BCUT2D eigenvalue weighted by Gasteiger charge is 2.16. The number of tetrazole rings is 1. The number of para-hydroxylation sites is 1. The molecule has 5 aromatic rings. The number of nitrogens with zero attached hydrogens (tertiary/aromatic N) is 5. The second-order valence-corrected chi connectivity index (χ2v) is 7.76. The standard InChI is InChI=1S/C22H15FN6OS/c1-13-26-27-28-29(13)20-11-14(8-9-17(20)23)24-22(30)16-12-19(21-7-4-10-31-21)25-18-6-3-2-5-15(16)18/h2-12H,1H3,(H,24,30). The van der Waals surface area contributed by atoms with E-state index in [2.05, 4.69) is 20.8 Å². The summed E-state index contributed by atoms with van der Waals surface area (Å²) in [7, 11) is 0. The molecule has 0 unspecified atom stereocenters. The van der Waals surface area contributed by atoms with Crippen molar-refractivity contribution in [2.24, 2.45) is 0 Å². The van der Waals surface area contributed by atoms with Crippen LogP contribution in [-0.4, -0.2) is 31.1 Å². The van der Waals surface area contributed by atoms with Crippen molar-refractivity contribution in [3.63, 3.8) is 0 Å². The Morgan fingerprint density at radius 3 is 2.74 bits per heavy atom. The third-order valence-corrected chi connectivity index (χ3v) is 5.68. The van der Waals surface area contributed by atoms with Gasteiger partial charge in [0.05, 0.1) is 21.7 Å². The number of thiophene rings is 1. The summed E-state index contributed by atoms with van der Waals surface area (Å²) < 4.78 is 15.6. The molecule has 0 atom stereocenters. The molecule has 5 rings (SSSR count). The van der Waals surface area contributed by atoms with Gasteiger partial charge in [-0.15, -0.1) is 16.4 Å². The van der Waals surface area contributed by atoms with Gasteiger partial charge in [0, 0.05) is 11.1 Å². The van der Waals surface area contributed by atoms with Crippen molar-refractivity contribution in [3.05, 3.63) is 83.2 Å². The maximum Gasteiger partial charge on any atom is 0.256 e. The molecule has 0 fully saturated rings. The van der Waals surface area contributed by atoms with E-state index in [0.29, 0.717) is 17.1 Å². The zero-order valence-corrected chi connectivity index (χ0v) is 17.1. The lowest BCUT2D eigenvalue weighted by atomic mass is 10.1. The van der Waals surface area contributed by atoms with Crippen LogP contribution >= 0.6 is 11.3 Å². The Morgan fingerprint density at radius 1 is 1.10 bits per heavy atom. The average Bonchev–Trinajstić information content (AvgIpc) is 3.46. The highest BCUT2D eigenvalue weighted by molar-refractivity contribution is 7.13. The first kappa shape index (κ1) is 19.0. The number of rotatable bonds is 4. The zero-order valence-electron chi connectivity index (χ0n) is 16.3. The van der Waals surface area contributed by atoms with E-state index in [4.69, 9.17) is 4.98 Å². The predicted octanol–water partition coefficient (Wildman–Crippen LogP) is 4.64. The third kappa shape index (κ3) is 3.55. The molecule has 0 radical (unpaired) electrons. The van der Waals surface area contributed by atoms with Gasteiger partial charge in [0.15, 0.2) is 5.82 Å². The van der Waals surface area contributed by atoms with Crippen LogP contribution in [0.2, 0.25) is 0 Å². The van der Waals surface area contributed by atoms with E-state index in [-0.39, 0.29) is 11.6 Å². The molecule has 0 bridgehead atoms. The van der Waals surface area contributed by atoms with Crippen molar-refractivity contribution < 1.29 is 9.18 Å². The molecule has 1 amide bonds. The summed E-state index contributed by atoms with van der Waals surface area (Å²) in [5, 5.41) is 16.7. The van der Waals surface area contributed by atoms with Gasteiger partial charge in [0.25, 0.3) is 5.91 Å². The van der Waals surface area contributed by atoms with E-state index in [0.717, 1.165) is 21.5 Å². The molecule has 0 aliphatic heterocycles. The Bertz CT molecular complexity index is 1410. The highest BCUT2D eigenvalue weighted by Crippen LogP contribution is 2.28. The number of pyridine rings is 1. The Hall–Kier alpha value is -3.98. The van der Waals surface area contributed by atoms with Crippen molar-refractivity contribution >= 4 is 33.8 Å². The SMILES string of the molecule is Cc1nnnn1-c1cc(NC(=O)c2cc(-c3cccs3)nc3ccccc23)ccc1F. The third-order valence-electron chi connectivity index (χ3n) is 4.79. The van der Waals surface area contributed by atoms with Gasteiger partial charge in [0.1, 0.15) is 11.5 Å². The number of carbonyl (C=O) groups is 1. The Morgan fingerprint density at radius 2 is 1.97 bits per heavy atom. The van der Waals surface area contributed by atoms with E-state index in [1.54, 1.807) is 24.3 Å². The summed E-state index contributed by atoms with van der Waals surface area (Å²) in [6, 6.07) is 17.4. The number of halogens is 1. The fourth-order valence-electron chi connectivity index (χ4n) is 3.32. The molecule has 152 valence electrons. The van der Waals surface area contributed by atoms with Gasteiger partial charge < -0.3 is 5.32 Å². The number of anilines is 1. The number of amides is 1. The smallest absolute Gasteiger partial charge is 0.256 e. The van der Waals surface area contributed by atoms with Crippen LogP contribution in [0.1, 0.15) is 16.2 Å². The largest absolute Gasteiger partial charge is 0.322 e. The van der Waals surface area contributed by atoms with E-state index in [9.17, 15) is 9.18 Å². The number of fused-ring (bicyclic) bond motifs is 1.